The number of hydrogen-bond donors (Lipinski definition) is 0. The summed E-state index contributed by atoms with van der Waals surface area (Å²) < 4.78 is 3.98. The topological polar surface area (TPSA) is 103 Å². The Morgan fingerprint density at radius 1 is 1.06 bits per heavy atom. The summed E-state index contributed by atoms with van der Waals surface area (Å²) in [6.07, 6.45) is 1.17. The molecule has 11 nitrogen and oxygen atoms in total. The second-order valence-corrected chi connectivity index (χ2v) is 10.6. The maximum absolute atomic E-state index is 13.2. The summed E-state index contributed by atoms with van der Waals surface area (Å²) in [4.78, 5) is 35.4. The van der Waals surface area contributed by atoms with E-state index >= 15 is 0 Å². The van der Waals surface area contributed by atoms with Gasteiger partial charge in [0.25, 0.3) is 5.91 Å². The highest BCUT2D eigenvalue weighted by molar-refractivity contribution is 7.99. The molecule has 2 aromatic rings. The van der Waals surface area contributed by atoms with E-state index in [9.17, 15) is 9.59 Å². The van der Waals surface area contributed by atoms with Gasteiger partial charge in [-0.15, -0.1) is 5.10 Å². The predicted molar refractivity (Wildman–Crippen MR) is 132 cm³/mol. The number of piperidine rings is 1. The van der Waals surface area contributed by atoms with Crippen LogP contribution in [0.4, 0.5) is 4.79 Å². The van der Waals surface area contributed by atoms with E-state index in [1.165, 1.54) is 35.0 Å². The number of carbonyl (C=O) groups is 2. The van der Waals surface area contributed by atoms with Crippen LogP contribution >= 0.6 is 11.8 Å². The summed E-state index contributed by atoms with van der Waals surface area (Å²) in [5.74, 6) is 2.72. The summed E-state index contributed by atoms with van der Waals surface area (Å²) in [7, 11) is 3.21. The monoisotopic (exact) mass is 496 g/mol. The Bertz CT molecular complexity index is 1180. The molecule has 35 heavy (non-hydrogen) atoms. The van der Waals surface area contributed by atoms with Gasteiger partial charge >= 0.3 is 12.0 Å². The van der Waals surface area contributed by atoms with Crippen LogP contribution in [0.2, 0.25) is 0 Å². The molecule has 3 aliphatic rings. The molecule has 3 aliphatic heterocycles. The SMILES string of the molecule is CC1CC(C)C[N+](=C2N=C3C(C(=O)N(C)C(=O)N3C)N2CCSc2nnnn2-c2ccccc2)C1. The first-order valence-electron chi connectivity index (χ1n) is 11.8. The first-order valence-corrected chi connectivity index (χ1v) is 12.8. The van der Waals surface area contributed by atoms with Crippen molar-refractivity contribution in [3.63, 3.8) is 0 Å². The fourth-order valence-corrected chi connectivity index (χ4v) is 5.96. The number of guanidine groups is 1. The van der Waals surface area contributed by atoms with Gasteiger partial charge in [-0.1, -0.05) is 48.8 Å². The molecular weight excluding hydrogens is 466 g/mol. The fourth-order valence-electron chi connectivity index (χ4n) is 5.13. The van der Waals surface area contributed by atoms with Crippen molar-refractivity contribution in [3.8, 4) is 5.69 Å². The number of tetrazole rings is 1. The van der Waals surface area contributed by atoms with E-state index < -0.39 is 6.04 Å². The molecular formula is C23H30N9O2S+. The van der Waals surface area contributed by atoms with Crippen molar-refractivity contribution >= 4 is 35.5 Å². The van der Waals surface area contributed by atoms with Gasteiger partial charge in [-0.25, -0.2) is 9.69 Å². The van der Waals surface area contributed by atoms with Crippen LogP contribution in [0.25, 0.3) is 5.69 Å². The van der Waals surface area contributed by atoms with Crippen LogP contribution in [0, 0.1) is 11.8 Å². The Balaban J connectivity index is 1.42. The minimum Gasteiger partial charge on any atom is -0.270 e. The third kappa shape index (κ3) is 4.30. The zero-order chi connectivity index (χ0) is 24.7. The maximum atomic E-state index is 13.2. The zero-order valence-electron chi connectivity index (χ0n) is 20.4. The van der Waals surface area contributed by atoms with E-state index in [0.717, 1.165) is 24.7 Å². The Kier molecular flexibility index (Phi) is 6.30. The van der Waals surface area contributed by atoms with Crippen molar-refractivity contribution in [2.75, 3.05) is 39.5 Å². The van der Waals surface area contributed by atoms with Crippen molar-refractivity contribution in [1.29, 1.82) is 0 Å². The lowest BCUT2D eigenvalue weighted by Crippen LogP contribution is -2.63. The molecule has 0 aliphatic carbocycles. The number of amides is 3. The molecule has 3 amide bonds. The molecule has 0 saturated carbocycles. The number of rotatable bonds is 5. The molecule has 5 rings (SSSR count). The van der Waals surface area contributed by atoms with Crippen LogP contribution in [0.5, 0.6) is 0 Å². The number of thioether (sulfide) groups is 1. The third-order valence-corrected chi connectivity index (χ3v) is 7.57. The molecule has 0 spiro atoms. The summed E-state index contributed by atoms with van der Waals surface area (Å²) in [6.45, 7) is 6.80. The number of benzene rings is 1. The molecule has 2 saturated heterocycles. The minimum absolute atomic E-state index is 0.251. The quantitative estimate of drug-likeness (QED) is 0.455. The highest BCUT2D eigenvalue weighted by atomic mass is 32.2. The number of nitrogens with zero attached hydrogens (tertiary/aromatic N) is 9. The average Bonchev–Trinajstić information content (AvgIpc) is 3.47. The highest BCUT2D eigenvalue weighted by Crippen LogP contribution is 2.27. The third-order valence-electron chi connectivity index (χ3n) is 6.67. The van der Waals surface area contributed by atoms with Crippen LogP contribution in [-0.2, 0) is 4.79 Å². The van der Waals surface area contributed by atoms with Gasteiger partial charge in [0.05, 0.1) is 25.3 Å². The minimum atomic E-state index is -0.615. The summed E-state index contributed by atoms with van der Waals surface area (Å²) in [5, 5.41) is 12.8. The Morgan fingerprint density at radius 2 is 1.77 bits per heavy atom. The van der Waals surface area contributed by atoms with Crippen molar-refractivity contribution < 1.29 is 14.2 Å². The average molecular weight is 497 g/mol. The van der Waals surface area contributed by atoms with Crippen LogP contribution < -0.4 is 0 Å². The van der Waals surface area contributed by atoms with Gasteiger partial charge < -0.3 is 0 Å². The van der Waals surface area contributed by atoms with Gasteiger partial charge in [0.15, 0.2) is 0 Å². The second-order valence-electron chi connectivity index (χ2n) is 9.51. The molecule has 3 atom stereocenters. The number of aliphatic imine (C=N–C) groups is 1. The van der Waals surface area contributed by atoms with E-state index in [2.05, 4.69) is 33.9 Å². The molecule has 0 N–H and O–H groups in total. The first kappa shape index (κ1) is 23.5. The molecule has 0 radical (unpaired) electrons. The van der Waals surface area contributed by atoms with Crippen LogP contribution in [0.1, 0.15) is 20.3 Å². The molecule has 12 heteroatoms. The largest absolute Gasteiger partial charge is 0.392 e. The molecule has 3 unspecified atom stereocenters. The fraction of sp³-hybridized carbons (Fsp3) is 0.522. The number of amidine groups is 1. The van der Waals surface area contributed by atoms with Crippen LogP contribution in [0.15, 0.2) is 40.5 Å². The molecule has 1 aromatic carbocycles. The van der Waals surface area contributed by atoms with Gasteiger partial charge in [-0.2, -0.15) is 4.68 Å². The number of para-hydroxylation sites is 1. The highest BCUT2D eigenvalue weighted by Gasteiger charge is 2.55. The lowest BCUT2D eigenvalue weighted by atomic mass is 9.93. The Labute approximate surface area is 208 Å². The number of aromatic nitrogens is 4. The van der Waals surface area contributed by atoms with Crippen LogP contribution in [-0.4, -0.2) is 109 Å². The van der Waals surface area contributed by atoms with Gasteiger partial charge in [0.1, 0.15) is 0 Å². The molecule has 2 fully saturated rings. The standard InChI is InChI=1S/C23H30N9O2S/c1-15-12-16(2)14-30(13-15)21-24-19-18(20(33)29(4)23(34)28(19)3)31(21)10-11-35-22-25-26-27-32(22)17-8-6-5-7-9-17/h5-9,15-16,18H,10-14H2,1-4H3/q+1. The Hall–Kier alpha value is -3.28. The van der Waals surface area contributed by atoms with Crippen molar-refractivity contribution in [2.24, 2.45) is 16.8 Å². The zero-order valence-corrected chi connectivity index (χ0v) is 21.2. The van der Waals surface area contributed by atoms with Gasteiger partial charge in [-0.05, 0) is 40.8 Å². The van der Waals surface area contributed by atoms with Crippen molar-refractivity contribution in [1.82, 2.24) is 34.9 Å². The normalized spacial score (nSPS) is 24.9. The van der Waals surface area contributed by atoms with E-state index in [4.69, 9.17) is 4.99 Å². The first-order chi connectivity index (χ1) is 16.8. The molecule has 1 aromatic heterocycles. The van der Waals surface area contributed by atoms with E-state index in [1.54, 1.807) is 11.7 Å². The Morgan fingerprint density at radius 3 is 2.49 bits per heavy atom. The summed E-state index contributed by atoms with van der Waals surface area (Å²) in [5.41, 5.74) is 0.888. The molecule has 4 heterocycles. The lowest BCUT2D eigenvalue weighted by Gasteiger charge is -2.33. The number of hydrogen-bond acceptors (Lipinski definition) is 6. The second kappa shape index (κ2) is 9.40. The summed E-state index contributed by atoms with van der Waals surface area (Å²) >= 11 is 1.52. The van der Waals surface area contributed by atoms with Crippen molar-refractivity contribution in [2.45, 2.75) is 31.5 Å². The van der Waals surface area contributed by atoms with Gasteiger partial charge in [-0.3, -0.25) is 19.2 Å². The summed E-state index contributed by atoms with van der Waals surface area (Å²) in [6, 6.07) is 8.77. The predicted octanol–water partition coefficient (Wildman–Crippen LogP) is 1.41. The van der Waals surface area contributed by atoms with Gasteiger partial charge in [0, 0.05) is 19.8 Å². The smallest absolute Gasteiger partial charge is 0.270 e. The van der Waals surface area contributed by atoms with E-state index in [-0.39, 0.29) is 11.9 Å². The van der Waals surface area contributed by atoms with Crippen LogP contribution in [0.3, 0.4) is 0 Å². The number of imide groups is 1. The lowest BCUT2D eigenvalue weighted by molar-refractivity contribution is -0.557. The number of likely N-dealkylation sites (N-methyl/N-ethyl adjacent to an activating group) is 2. The number of carbonyl (C=O) groups excluding carboxylic acids is 2. The van der Waals surface area contributed by atoms with E-state index in [0.29, 0.717) is 35.1 Å². The molecule has 184 valence electrons. The van der Waals surface area contributed by atoms with E-state index in [1.807, 2.05) is 35.2 Å². The number of fused-ring (bicyclic) bond motifs is 1. The maximum Gasteiger partial charge on any atom is 0.392 e. The molecule has 0 bridgehead atoms. The van der Waals surface area contributed by atoms with Gasteiger partial charge in [0.2, 0.25) is 17.0 Å². The van der Waals surface area contributed by atoms with Crippen molar-refractivity contribution in [3.05, 3.63) is 30.3 Å². The number of urea groups is 1.